The number of aliphatic carboxylic acids is 1. The summed E-state index contributed by atoms with van der Waals surface area (Å²) in [4.78, 5) is 42.7. The molecule has 2 N–H and O–H groups in total. The number of carboxylic acids is 1. The fraction of sp³-hybridized carbons (Fsp3) is 0.542. The lowest BCUT2D eigenvalue weighted by molar-refractivity contribution is -0.150. The first-order chi connectivity index (χ1) is 15.2. The largest absolute Gasteiger partial charge is 0.481 e. The van der Waals surface area contributed by atoms with Crippen molar-refractivity contribution in [3.8, 4) is 0 Å². The highest BCUT2D eigenvalue weighted by molar-refractivity contribution is 6.05. The van der Waals surface area contributed by atoms with E-state index < -0.39 is 47.5 Å². The van der Waals surface area contributed by atoms with Gasteiger partial charge in [0.25, 0.3) is 5.91 Å². The minimum absolute atomic E-state index is 0.224. The second kappa shape index (κ2) is 8.01. The molecule has 1 aromatic carbocycles. The van der Waals surface area contributed by atoms with Gasteiger partial charge in [-0.25, -0.2) is 0 Å². The molecule has 3 fully saturated rings. The molecule has 3 heterocycles. The molecule has 0 aliphatic carbocycles. The third-order valence-corrected chi connectivity index (χ3v) is 7.23. The number of ether oxygens (including phenoxy) is 1. The zero-order chi connectivity index (χ0) is 23.4. The van der Waals surface area contributed by atoms with Crippen LogP contribution < -0.4 is 4.90 Å². The number of aryl methyl sites for hydroxylation is 2. The maximum atomic E-state index is 14.2. The van der Waals surface area contributed by atoms with Gasteiger partial charge in [-0.3, -0.25) is 14.4 Å². The molecule has 3 aliphatic heterocycles. The van der Waals surface area contributed by atoms with Gasteiger partial charge < -0.3 is 24.7 Å². The van der Waals surface area contributed by atoms with Gasteiger partial charge in [0.05, 0.1) is 30.6 Å². The molecule has 0 aromatic heterocycles. The summed E-state index contributed by atoms with van der Waals surface area (Å²) in [6, 6.07) is 4.13. The number of fused-ring (bicyclic) bond motifs is 1. The second-order valence-electron chi connectivity index (χ2n) is 9.20. The fourth-order valence-electron chi connectivity index (χ4n) is 5.81. The second-order valence-corrected chi connectivity index (χ2v) is 9.20. The fourth-order valence-corrected chi connectivity index (χ4v) is 5.81. The van der Waals surface area contributed by atoms with Crippen LogP contribution in [0.1, 0.15) is 30.9 Å². The van der Waals surface area contributed by atoms with E-state index >= 15 is 0 Å². The highest BCUT2D eigenvalue weighted by atomic mass is 16.5. The van der Waals surface area contributed by atoms with Crippen molar-refractivity contribution in [2.45, 2.75) is 57.4 Å². The van der Waals surface area contributed by atoms with E-state index in [2.05, 4.69) is 6.58 Å². The molecule has 2 unspecified atom stereocenters. The molecule has 8 heteroatoms. The molecule has 0 saturated carbocycles. The molecule has 0 radical (unpaired) electrons. The van der Waals surface area contributed by atoms with Gasteiger partial charge in [0.15, 0.2) is 0 Å². The van der Waals surface area contributed by atoms with Crippen LogP contribution in [0.4, 0.5) is 5.69 Å². The third-order valence-electron chi connectivity index (χ3n) is 7.23. The zero-order valence-corrected chi connectivity index (χ0v) is 18.7. The predicted octanol–water partition coefficient (Wildman–Crippen LogP) is 1.66. The molecule has 6 atom stereocenters. The molecule has 2 amide bonds. The number of aliphatic hydroxyl groups excluding tert-OH is 1. The Hall–Kier alpha value is -2.71. The van der Waals surface area contributed by atoms with Gasteiger partial charge in [0.2, 0.25) is 5.91 Å². The van der Waals surface area contributed by atoms with E-state index in [0.29, 0.717) is 18.5 Å². The summed E-state index contributed by atoms with van der Waals surface area (Å²) < 4.78 is 6.21. The van der Waals surface area contributed by atoms with Gasteiger partial charge in [-0.15, -0.1) is 6.58 Å². The minimum atomic E-state index is -1.21. The number of hydrogen-bond donors (Lipinski definition) is 2. The van der Waals surface area contributed by atoms with Gasteiger partial charge >= 0.3 is 5.97 Å². The van der Waals surface area contributed by atoms with Crippen LogP contribution in [-0.4, -0.2) is 69.8 Å². The molecule has 4 rings (SSSR count). The van der Waals surface area contributed by atoms with E-state index in [4.69, 9.17) is 4.74 Å². The topological polar surface area (TPSA) is 107 Å². The summed E-state index contributed by atoms with van der Waals surface area (Å²) in [5, 5.41) is 19.7. The lowest BCUT2D eigenvalue weighted by Crippen LogP contribution is -2.58. The van der Waals surface area contributed by atoms with Crippen LogP contribution in [0.5, 0.6) is 0 Å². The molecule has 1 aromatic rings. The van der Waals surface area contributed by atoms with Crippen LogP contribution in [0.2, 0.25) is 0 Å². The normalized spacial score (nSPS) is 31.5. The van der Waals surface area contributed by atoms with Gasteiger partial charge in [0, 0.05) is 12.2 Å². The molecule has 8 nitrogen and oxygen atoms in total. The standard InChI is InChI=1S/C24H30N2O6/c1-5-10-25(16-11-13(2)6-7-14(16)3)22(29)20-24-9-8-17(32-24)18(23(30)31)19(24)21(28)26(20)15(4)12-27/h5-7,11,15,17-20,27H,1,8-10,12H2,2-4H3,(H,30,31)/t15-,17-,18+,19+,20?,24?/m1/s1. The highest BCUT2D eigenvalue weighted by Gasteiger charge is 2.75. The van der Waals surface area contributed by atoms with Crippen LogP contribution in [-0.2, 0) is 19.1 Å². The van der Waals surface area contributed by atoms with Crippen LogP contribution in [0.25, 0.3) is 0 Å². The third kappa shape index (κ3) is 3.08. The monoisotopic (exact) mass is 442 g/mol. The van der Waals surface area contributed by atoms with Crippen molar-refractivity contribution >= 4 is 23.5 Å². The van der Waals surface area contributed by atoms with Crippen molar-refractivity contribution in [2.24, 2.45) is 11.8 Å². The van der Waals surface area contributed by atoms with E-state index in [-0.39, 0.29) is 19.1 Å². The van der Waals surface area contributed by atoms with Crippen LogP contribution in [0, 0.1) is 25.7 Å². The maximum Gasteiger partial charge on any atom is 0.310 e. The van der Waals surface area contributed by atoms with Crippen LogP contribution in [0.15, 0.2) is 30.9 Å². The van der Waals surface area contributed by atoms with Gasteiger partial charge in [-0.2, -0.15) is 0 Å². The van der Waals surface area contributed by atoms with E-state index in [1.54, 1.807) is 17.9 Å². The van der Waals surface area contributed by atoms with Crippen molar-refractivity contribution in [2.75, 3.05) is 18.1 Å². The lowest BCUT2D eigenvalue weighted by atomic mass is 9.70. The number of hydrogen-bond acceptors (Lipinski definition) is 5. The molecule has 32 heavy (non-hydrogen) atoms. The number of anilines is 1. The average molecular weight is 443 g/mol. The number of carboxylic acid groups (broad SMARTS) is 1. The Kier molecular flexibility index (Phi) is 5.63. The van der Waals surface area contributed by atoms with E-state index in [1.807, 2.05) is 32.0 Å². The van der Waals surface area contributed by atoms with E-state index in [1.165, 1.54) is 4.90 Å². The first-order valence-corrected chi connectivity index (χ1v) is 11.0. The Morgan fingerprint density at radius 2 is 2.12 bits per heavy atom. The molecular weight excluding hydrogens is 412 g/mol. The number of benzene rings is 1. The molecular formula is C24H30N2O6. The van der Waals surface area contributed by atoms with Crippen molar-refractivity contribution < 1.29 is 29.3 Å². The Morgan fingerprint density at radius 3 is 2.75 bits per heavy atom. The van der Waals surface area contributed by atoms with Crippen molar-refractivity contribution in [3.05, 3.63) is 42.0 Å². The predicted molar refractivity (Wildman–Crippen MR) is 117 cm³/mol. The van der Waals surface area contributed by atoms with Crippen molar-refractivity contribution in [1.29, 1.82) is 0 Å². The Morgan fingerprint density at radius 1 is 1.41 bits per heavy atom. The number of carbonyl (C=O) groups is 3. The average Bonchev–Trinajstić information content (AvgIpc) is 3.40. The first-order valence-electron chi connectivity index (χ1n) is 11.0. The maximum absolute atomic E-state index is 14.2. The summed E-state index contributed by atoms with van der Waals surface area (Å²) in [5.74, 6) is -3.79. The Balaban J connectivity index is 1.84. The van der Waals surface area contributed by atoms with Gasteiger partial charge in [-0.05, 0) is 50.8 Å². The van der Waals surface area contributed by atoms with Gasteiger partial charge in [-0.1, -0.05) is 18.2 Å². The van der Waals surface area contributed by atoms with Crippen LogP contribution in [0.3, 0.4) is 0 Å². The molecule has 3 aliphatic rings. The number of likely N-dealkylation sites (tertiary alicyclic amines) is 1. The SMILES string of the molecule is C=CCN(C(=O)C1N([C@H](C)CO)C(=O)[C@@H]2[C@@H](C(=O)O)[C@H]3CCC12O3)c1cc(C)ccc1C. The number of aliphatic hydroxyl groups is 1. The summed E-state index contributed by atoms with van der Waals surface area (Å²) in [6.45, 7) is 9.18. The molecule has 1 spiro atoms. The smallest absolute Gasteiger partial charge is 0.310 e. The number of carbonyl (C=O) groups excluding carboxylic acids is 2. The van der Waals surface area contributed by atoms with Crippen molar-refractivity contribution in [1.82, 2.24) is 4.90 Å². The number of amides is 2. The Bertz CT molecular complexity index is 977. The van der Waals surface area contributed by atoms with E-state index in [9.17, 15) is 24.6 Å². The van der Waals surface area contributed by atoms with E-state index in [0.717, 1.165) is 11.1 Å². The molecule has 172 valence electrons. The van der Waals surface area contributed by atoms with Crippen molar-refractivity contribution in [3.63, 3.8) is 0 Å². The summed E-state index contributed by atoms with van der Waals surface area (Å²) >= 11 is 0. The quantitative estimate of drug-likeness (QED) is 0.622. The number of rotatable bonds is 7. The molecule has 2 bridgehead atoms. The highest BCUT2D eigenvalue weighted by Crippen LogP contribution is 2.59. The first kappa shape index (κ1) is 22.5. The van der Waals surface area contributed by atoms with Crippen LogP contribution >= 0.6 is 0 Å². The molecule has 3 saturated heterocycles. The number of nitrogens with zero attached hydrogens (tertiary/aromatic N) is 2. The summed E-state index contributed by atoms with van der Waals surface area (Å²) in [7, 11) is 0. The lowest BCUT2D eigenvalue weighted by Gasteiger charge is -2.38. The Labute approximate surface area is 187 Å². The zero-order valence-electron chi connectivity index (χ0n) is 18.7. The van der Waals surface area contributed by atoms with Gasteiger partial charge in [0.1, 0.15) is 11.6 Å². The summed E-state index contributed by atoms with van der Waals surface area (Å²) in [6.07, 6.45) is 1.95. The summed E-state index contributed by atoms with van der Waals surface area (Å²) in [5.41, 5.74) is 1.38. The minimum Gasteiger partial charge on any atom is -0.481 e.